The van der Waals surface area contributed by atoms with Gasteiger partial charge in [0.1, 0.15) is 18.5 Å². The molecular formula is C20H24N2O8S. The number of rotatable bonds is 11. The highest BCUT2D eigenvalue weighted by Gasteiger charge is 2.17. The van der Waals surface area contributed by atoms with E-state index >= 15 is 0 Å². The molecule has 1 amide bonds. The third-order valence-electron chi connectivity index (χ3n) is 4.29. The number of amides is 1. The zero-order chi connectivity index (χ0) is 22.3. The number of fused-ring (bicyclic) bond motifs is 1. The van der Waals surface area contributed by atoms with Gasteiger partial charge in [0.2, 0.25) is 16.8 Å². The molecule has 0 saturated carbocycles. The fraction of sp³-hybridized carbons (Fsp3) is 0.350. The van der Waals surface area contributed by atoms with Crippen molar-refractivity contribution in [2.75, 3.05) is 40.2 Å². The second-order valence-electron chi connectivity index (χ2n) is 6.61. The van der Waals surface area contributed by atoms with Crippen molar-refractivity contribution in [3.05, 3.63) is 48.0 Å². The quantitative estimate of drug-likeness (QED) is 0.420. The lowest BCUT2D eigenvalue weighted by molar-refractivity contribution is 0.0843. The molecule has 1 unspecified atom stereocenters. The first-order valence-corrected chi connectivity index (χ1v) is 10.9. The molecule has 1 aliphatic rings. The molecule has 1 heterocycles. The molecule has 1 aliphatic heterocycles. The number of nitrogens with one attached hydrogen (secondary N) is 2. The third-order valence-corrected chi connectivity index (χ3v) is 5.75. The van der Waals surface area contributed by atoms with Crippen molar-refractivity contribution in [2.45, 2.75) is 11.0 Å². The summed E-state index contributed by atoms with van der Waals surface area (Å²) in [7, 11) is -2.30. The number of carbonyl (C=O) groups is 1. The summed E-state index contributed by atoms with van der Waals surface area (Å²) in [5, 5.41) is 12.6. The van der Waals surface area contributed by atoms with Crippen LogP contribution < -0.4 is 24.2 Å². The van der Waals surface area contributed by atoms with Gasteiger partial charge in [0, 0.05) is 31.8 Å². The molecule has 0 spiro atoms. The van der Waals surface area contributed by atoms with Crippen LogP contribution in [0.4, 0.5) is 0 Å². The molecule has 0 bridgehead atoms. The highest BCUT2D eigenvalue weighted by Crippen LogP contribution is 2.35. The van der Waals surface area contributed by atoms with Gasteiger partial charge in [0.15, 0.2) is 11.5 Å². The summed E-state index contributed by atoms with van der Waals surface area (Å²) in [6.07, 6.45) is -0.975. The van der Waals surface area contributed by atoms with Crippen LogP contribution in [-0.2, 0) is 14.8 Å². The summed E-state index contributed by atoms with van der Waals surface area (Å²) in [6, 6.07) is 10.7. The Hall–Kier alpha value is -2.86. The van der Waals surface area contributed by atoms with Crippen molar-refractivity contribution in [3.63, 3.8) is 0 Å². The number of carbonyl (C=O) groups excluding carboxylic acids is 1. The number of methoxy groups -OCH3 is 1. The number of ether oxygens (including phenoxy) is 4. The minimum Gasteiger partial charge on any atom is -0.491 e. The summed E-state index contributed by atoms with van der Waals surface area (Å²) in [6.45, 7) is 0.361. The van der Waals surface area contributed by atoms with Crippen LogP contribution in [0.25, 0.3) is 0 Å². The minimum atomic E-state index is -3.76. The Morgan fingerprint density at radius 2 is 2.00 bits per heavy atom. The normalized spacial score (nSPS) is 13.6. The van der Waals surface area contributed by atoms with Crippen LogP contribution in [0.2, 0.25) is 0 Å². The zero-order valence-corrected chi connectivity index (χ0v) is 17.7. The zero-order valence-electron chi connectivity index (χ0n) is 16.9. The molecule has 0 aromatic heterocycles. The number of hydrogen-bond acceptors (Lipinski definition) is 8. The Balaban J connectivity index is 1.49. The second-order valence-corrected chi connectivity index (χ2v) is 8.38. The predicted octanol–water partition coefficient (Wildman–Crippen LogP) is 0.510. The van der Waals surface area contributed by atoms with Gasteiger partial charge in [-0.2, -0.15) is 0 Å². The second kappa shape index (κ2) is 10.4. The van der Waals surface area contributed by atoms with Crippen molar-refractivity contribution in [1.29, 1.82) is 0 Å². The Morgan fingerprint density at radius 1 is 1.19 bits per heavy atom. The van der Waals surface area contributed by atoms with Gasteiger partial charge < -0.3 is 29.4 Å². The lowest BCUT2D eigenvalue weighted by atomic mass is 10.2. The van der Waals surface area contributed by atoms with Gasteiger partial charge in [-0.15, -0.1) is 0 Å². The number of aliphatic hydroxyl groups is 1. The number of sulfonamides is 1. The molecule has 31 heavy (non-hydrogen) atoms. The van der Waals surface area contributed by atoms with Gasteiger partial charge in [-0.3, -0.25) is 4.79 Å². The van der Waals surface area contributed by atoms with Gasteiger partial charge in [-0.1, -0.05) is 6.07 Å². The smallest absolute Gasteiger partial charge is 0.251 e. The molecule has 1 atom stereocenters. The van der Waals surface area contributed by atoms with Crippen molar-refractivity contribution >= 4 is 15.9 Å². The standard InChI is InChI=1S/C20H24N2O8S/c1-27-8-7-22-31(25,26)17-4-2-3-14(9-17)20(24)21-11-15(23)12-28-16-5-6-18-19(10-16)30-13-29-18/h2-6,9-10,15,22-23H,7-8,11-13H2,1H3,(H,21,24). The third kappa shape index (κ3) is 6.31. The SMILES string of the molecule is COCCNS(=O)(=O)c1cccc(C(=O)NCC(O)COc2ccc3c(c2)OCO3)c1. The summed E-state index contributed by atoms with van der Waals surface area (Å²) in [4.78, 5) is 12.3. The first-order valence-electron chi connectivity index (χ1n) is 9.46. The largest absolute Gasteiger partial charge is 0.491 e. The Bertz CT molecular complexity index is 1010. The summed E-state index contributed by atoms with van der Waals surface area (Å²) in [5.74, 6) is 1.16. The van der Waals surface area contributed by atoms with E-state index in [0.29, 0.717) is 17.2 Å². The summed E-state index contributed by atoms with van der Waals surface area (Å²) < 4.78 is 47.7. The maximum Gasteiger partial charge on any atom is 0.251 e. The Kier molecular flexibility index (Phi) is 7.69. The first kappa shape index (κ1) is 22.8. The molecule has 0 aliphatic carbocycles. The maximum absolute atomic E-state index is 12.4. The lowest BCUT2D eigenvalue weighted by Crippen LogP contribution is -2.35. The van der Waals surface area contributed by atoms with Gasteiger partial charge >= 0.3 is 0 Å². The van der Waals surface area contributed by atoms with E-state index in [1.54, 1.807) is 18.2 Å². The number of hydrogen-bond donors (Lipinski definition) is 3. The van der Waals surface area contributed by atoms with Gasteiger partial charge in [-0.25, -0.2) is 13.1 Å². The molecule has 168 valence electrons. The van der Waals surface area contributed by atoms with Crippen LogP contribution in [0.15, 0.2) is 47.4 Å². The van der Waals surface area contributed by atoms with E-state index in [9.17, 15) is 18.3 Å². The lowest BCUT2D eigenvalue weighted by Gasteiger charge is -2.14. The van der Waals surface area contributed by atoms with Crippen molar-refractivity contribution < 1.29 is 37.3 Å². The molecule has 0 radical (unpaired) electrons. The van der Waals surface area contributed by atoms with Crippen LogP contribution in [0.3, 0.4) is 0 Å². The average Bonchev–Trinajstić information content (AvgIpc) is 3.24. The number of benzene rings is 2. The van der Waals surface area contributed by atoms with Crippen molar-refractivity contribution in [1.82, 2.24) is 10.0 Å². The molecule has 10 nitrogen and oxygen atoms in total. The van der Waals surface area contributed by atoms with E-state index in [0.717, 1.165) is 0 Å². The Labute approximate surface area is 180 Å². The van der Waals surface area contributed by atoms with Crippen LogP contribution >= 0.6 is 0 Å². The molecule has 3 rings (SSSR count). The molecule has 3 N–H and O–H groups in total. The maximum atomic E-state index is 12.4. The fourth-order valence-electron chi connectivity index (χ4n) is 2.70. The molecular weight excluding hydrogens is 428 g/mol. The number of aliphatic hydroxyl groups excluding tert-OH is 1. The van der Waals surface area contributed by atoms with E-state index in [4.69, 9.17) is 18.9 Å². The monoisotopic (exact) mass is 452 g/mol. The van der Waals surface area contributed by atoms with Crippen molar-refractivity contribution in [3.8, 4) is 17.2 Å². The first-order chi connectivity index (χ1) is 14.9. The fourth-order valence-corrected chi connectivity index (χ4v) is 3.76. The van der Waals surface area contributed by atoms with E-state index in [1.807, 2.05) is 0 Å². The minimum absolute atomic E-state index is 0.0389. The van der Waals surface area contributed by atoms with E-state index in [1.165, 1.54) is 31.4 Å². The molecule has 2 aromatic rings. The van der Waals surface area contributed by atoms with Crippen LogP contribution in [0, 0.1) is 0 Å². The Morgan fingerprint density at radius 3 is 2.81 bits per heavy atom. The molecule has 2 aromatic carbocycles. The van der Waals surface area contributed by atoms with Gasteiger partial charge in [0.05, 0.1) is 11.5 Å². The molecule has 0 saturated heterocycles. The topological polar surface area (TPSA) is 132 Å². The van der Waals surface area contributed by atoms with E-state index in [2.05, 4.69) is 10.0 Å². The van der Waals surface area contributed by atoms with Crippen molar-refractivity contribution in [2.24, 2.45) is 0 Å². The van der Waals surface area contributed by atoms with Crippen LogP contribution in [-0.4, -0.2) is 65.7 Å². The van der Waals surface area contributed by atoms with E-state index < -0.39 is 22.0 Å². The predicted molar refractivity (Wildman–Crippen MR) is 110 cm³/mol. The highest BCUT2D eigenvalue weighted by molar-refractivity contribution is 7.89. The molecule has 11 heteroatoms. The van der Waals surface area contributed by atoms with Gasteiger partial charge in [-0.05, 0) is 30.3 Å². The molecule has 0 fully saturated rings. The summed E-state index contributed by atoms with van der Waals surface area (Å²) in [5.41, 5.74) is 0.151. The van der Waals surface area contributed by atoms with Crippen LogP contribution in [0.5, 0.6) is 17.2 Å². The van der Waals surface area contributed by atoms with E-state index in [-0.39, 0.29) is 43.6 Å². The highest BCUT2D eigenvalue weighted by atomic mass is 32.2. The van der Waals surface area contributed by atoms with Crippen LogP contribution in [0.1, 0.15) is 10.4 Å². The summed E-state index contributed by atoms with van der Waals surface area (Å²) >= 11 is 0. The average molecular weight is 452 g/mol. The van der Waals surface area contributed by atoms with Gasteiger partial charge in [0.25, 0.3) is 5.91 Å².